The van der Waals surface area contributed by atoms with Crippen molar-refractivity contribution >= 4 is 34.2 Å². The minimum absolute atomic E-state index is 0.529. The molecule has 102 valence electrons. The lowest BCUT2D eigenvalue weighted by Crippen LogP contribution is -2.31. The number of amidine groups is 1. The average molecular weight is 295 g/mol. The third kappa shape index (κ3) is 3.09. The van der Waals surface area contributed by atoms with Crippen molar-refractivity contribution in [3.8, 4) is 0 Å². The molecule has 1 aliphatic carbocycles. The van der Waals surface area contributed by atoms with Gasteiger partial charge in [0.25, 0.3) is 0 Å². The van der Waals surface area contributed by atoms with Crippen molar-refractivity contribution in [1.29, 1.82) is 0 Å². The second-order valence-electron chi connectivity index (χ2n) is 5.47. The number of aryl methyl sites for hydroxylation is 1. The van der Waals surface area contributed by atoms with Crippen molar-refractivity contribution in [1.82, 2.24) is 0 Å². The van der Waals surface area contributed by atoms with E-state index >= 15 is 0 Å². The summed E-state index contributed by atoms with van der Waals surface area (Å²) in [5, 5.41) is 5.21. The molecule has 0 aromatic heterocycles. The fraction of sp³-hybridized carbons (Fsp3) is 0.533. The summed E-state index contributed by atoms with van der Waals surface area (Å²) in [7, 11) is 0. The number of nitrogens with zero attached hydrogens (tertiary/aromatic N) is 1. The van der Waals surface area contributed by atoms with Crippen molar-refractivity contribution in [2.24, 2.45) is 10.9 Å². The number of halogens is 1. The minimum atomic E-state index is 0.529. The Balaban J connectivity index is 1.76. The largest absolute Gasteiger partial charge is 0.334 e. The van der Waals surface area contributed by atoms with Crippen LogP contribution in [0.15, 0.2) is 23.2 Å². The second kappa shape index (κ2) is 5.76. The topological polar surface area (TPSA) is 24.4 Å². The summed E-state index contributed by atoms with van der Waals surface area (Å²) in [5.41, 5.74) is 2.19. The minimum Gasteiger partial charge on any atom is -0.334 e. The van der Waals surface area contributed by atoms with E-state index in [9.17, 15) is 0 Å². The van der Waals surface area contributed by atoms with Gasteiger partial charge in [-0.1, -0.05) is 42.3 Å². The number of aliphatic imine (C=N–C) groups is 1. The molecule has 1 aliphatic heterocycles. The summed E-state index contributed by atoms with van der Waals surface area (Å²) in [5.74, 6) is 1.98. The number of hydrogen-bond donors (Lipinski definition) is 1. The fourth-order valence-electron chi connectivity index (χ4n) is 2.84. The highest BCUT2D eigenvalue weighted by Gasteiger charge is 2.29. The predicted octanol–water partition coefficient (Wildman–Crippen LogP) is 4.72. The Labute approximate surface area is 124 Å². The Morgan fingerprint density at radius 1 is 1.32 bits per heavy atom. The zero-order valence-corrected chi connectivity index (χ0v) is 12.7. The van der Waals surface area contributed by atoms with E-state index in [0.717, 1.165) is 21.8 Å². The van der Waals surface area contributed by atoms with Gasteiger partial charge in [0.2, 0.25) is 0 Å². The summed E-state index contributed by atoms with van der Waals surface area (Å²) in [4.78, 5) is 4.88. The van der Waals surface area contributed by atoms with Gasteiger partial charge in [0.1, 0.15) is 0 Å². The van der Waals surface area contributed by atoms with Crippen molar-refractivity contribution in [3.05, 3.63) is 28.8 Å². The van der Waals surface area contributed by atoms with Crippen LogP contribution in [0.5, 0.6) is 0 Å². The van der Waals surface area contributed by atoms with E-state index < -0.39 is 0 Å². The van der Waals surface area contributed by atoms with Crippen LogP contribution < -0.4 is 5.32 Å². The van der Waals surface area contributed by atoms with Crippen molar-refractivity contribution in [3.63, 3.8) is 0 Å². The van der Waals surface area contributed by atoms with Crippen LogP contribution in [-0.2, 0) is 0 Å². The molecule has 0 bridgehead atoms. The Hall–Kier alpha value is -0.670. The lowest BCUT2D eigenvalue weighted by Gasteiger charge is -2.32. The molecule has 1 saturated carbocycles. The maximum atomic E-state index is 6.23. The Kier molecular flexibility index (Phi) is 4.04. The van der Waals surface area contributed by atoms with Gasteiger partial charge < -0.3 is 5.32 Å². The van der Waals surface area contributed by atoms with Crippen LogP contribution in [-0.4, -0.2) is 17.0 Å². The highest BCUT2D eigenvalue weighted by atomic mass is 35.5. The molecule has 1 fully saturated rings. The van der Waals surface area contributed by atoms with Crippen LogP contribution in [0, 0.1) is 12.8 Å². The first-order valence-electron chi connectivity index (χ1n) is 6.96. The first-order valence-corrected chi connectivity index (χ1v) is 8.32. The van der Waals surface area contributed by atoms with E-state index in [1.807, 2.05) is 23.9 Å². The molecule has 3 rings (SSSR count). The average Bonchev–Trinajstić information content (AvgIpc) is 2.43. The van der Waals surface area contributed by atoms with Gasteiger partial charge in [-0.15, -0.1) is 0 Å². The summed E-state index contributed by atoms with van der Waals surface area (Å²) >= 11 is 8.06. The van der Waals surface area contributed by atoms with Gasteiger partial charge in [-0.3, -0.25) is 4.99 Å². The zero-order chi connectivity index (χ0) is 13.2. The third-order valence-corrected chi connectivity index (χ3v) is 5.35. The van der Waals surface area contributed by atoms with E-state index in [1.165, 1.54) is 37.0 Å². The number of nitrogens with one attached hydrogen (secondary N) is 1. The van der Waals surface area contributed by atoms with Crippen LogP contribution in [0.3, 0.4) is 0 Å². The van der Waals surface area contributed by atoms with Crippen LogP contribution in [0.25, 0.3) is 0 Å². The number of hydrogen-bond acceptors (Lipinski definition) is 3. The first-order chi connectivity index (χ1) is 9.22. The van der Waals surface area contributed by atoms with E-state index in [2.05, 4.69) is 18.3 Å². The standard InChI is InChI=1S/C15H19ClN2S/c1-10-6-7-12(16)14(8-10)18-15-17-13-5-3-2-4-11(13)9-19-15/h6-8,11,13H,2-5,9H2,1H3,(H,17,18). The summed E-state index contributed by atoms with van der Waals surface area (Å²) in [6.45, 7) is 2.08. The molecule has 0 saturated heterocycles. The molecule has 2 atom stereocenters. The van der Waals surface area contributed by atoms with E-state index in [0.29, 0.717) is 6.04 Å². The Morgan fingerprint density at radius 3 is 3.05 bits per heavy atom. The summed E-state index contributed by atoms with van der Waals surface area (Å²) < 4.78 is 0. The number of benzene rings is 1. The Morgan fingerprint density at radius 2 is 2.16 bits per heavy atom. The van der Waals surface area contributed by atoms with Crippen molar-refractivity contribution in [2.45, 2.75) is 38.6 Å². The molecule has 1 aromatic carbocycles. The molecule has 1 aromatic rings. The SMILES string of the molecule is Cc1ccc(Cl)c(NC2=NC3CCCCC3CS2)c1. The predicted molar refractivity (Wildman–Crippen MR) is 85.5 cm³/mol. The molecule has 4 heteroatoms. The number of rotatable bonds is 1. The van der Waals surface area contributed by atoms with Crippen LogP contribution >= 0.6 is 23.4 Å². The fourth-order valence-corrected chi connectivity index (χ4v) is 4.16. The van der Waals surface area contributed by atoms with Crippen LogP contribution in [0.4, 0.5) is 5.69 Å². The molecular weight excluding hydrogens is 276 g/mol. The molecular formula is C15H19ClN2S. The van der Waals surface area contributed by atoms with Gasteiger partial charge in [0.15, 0.2) is 5.17 Å². The molecule has 1 N–H and O–H groups in total. The van der Waals surface area contributed by atoms with E-state index in [1.54, 1.807) is 0 Å². The van der Waals surface area contributed by atoms with Crippen LogP contribution in [0.1, 0.15) is 31.2 Å². The summed E-state index contributed by atoms with van der Waals surface area (Å²) in [6, 6.07) is 6.58. The van der Waals surface area contributed by atoms with Gasteiger partial charge in [0, 0.05) is 5.75 Å². The lowest BCUT2D eigenvalue weighted by atomic mass is 9.86. The van der Waals surface area contributed by atoms with E-state index in [-0.39, 0.29) is 0 Å². The normalized spacial score (nSPS) is 26.5. The van der Waals surface area contributed by atoms with E-state index in [4.69, 9.17) is 16.6 Å². The first kappa shape index (κ1) is 13.3. The number of thioether (sulfide) groups is 1. The highest BCUT2D eigenvalue weighted by molar-refractivity contribution is 8.14. The van der Waals surface area contributed by atoms with Crippen LogP contribution in [0.2, 0.25) is 5.02 Å². The Bertz CT molecular complexity index is 501. The smallest absolute Gasteiger partial charge is 0.161 e. The third-order valence-electron chi connectivity index (χ3n) is 3.95. The number of fused-ring (bicyclic) bond motifs is 1. The molecule has 1 heterocycles. The lowest BCUT2D eigenvalue weighted by molar-refractivity contribution is 0.336. The molecule has 2 nitrogen and oxygen atoms in total. The molecule has 0 spiro atoms. The summed E-state index contributed by atoms with van der Waals surface area (Å²) in [6.07, 6.45) is 5.30. The molecule has 0 amide bonds. The van der Waals surface area contributed by atoms with Gasteiger partial charge in [0.05, 0.1) is 16.8 Å². The quantitative estimate of drug-likeness (QED) is 0.810. The monoisotopic (exact) mass is 294 g/mol. The maximum Gasteiger partial charge on any atom is 0.161 e. The molecule has 2 aliphatic rings. The zero-order valence-electron chi connectivity index (χ0n) is 11.2. The number of anilines is 1. The molecule has 0 radical (unpaired) electrons. The molecule has 19 heavy (non-hydrogen) atoms. The van der Waals surface area contributed by atoms with Crippen molar-refractivity contribution < 1.29 is 0 Å². The highest BCUT2D eigenvalue weighted by Crippen LogP contribution is 2.35. The second-order valence-corrected chi connectivity index (χ2v) is 6.88. The van der Waals surface area contributed by atoms with Gasteiger partial charge in [-0.25, -0.2) is 0 Å². The van der Waals surface area contributed by atoms with Gasteiger partial charge in [-0.2, -0.15) is 0 Å². The maximum absolute atomic E-state index is 6.23. The van der Waals surface area contributed by atoms with Gasteiger partial charge in [-0.05, 0) is 43.4 Å². The van der Waals surface area contributed by atoms with Crippen molar-refractivity contribution in [2.75, 3.05) is 11.1 Å². The van der Waals surface area contributed by atoms with Gasteiger partial charge >= 0.3 is 0 Å². The molecule has 2 unspecified atom stereocenters.